The third-order valence-electron chi connectivity index (χ3n) is 4.12. The molecule has 7 heteroatoms. The van der Waals surface area contributed by atoms with E-state index in [9.17, 15) is 17.6 Å². The normalized spacial score (nSPS) is 18.3. The number of benzene rings is 1. The number of rotatable bonds is 6. The fraction of sp³-hybridized carbons (Fsp3) is 0.533. The van der Waals surface area contributed by atoms with Crippen molar-refractivity contribution >= 4 is 15.9 Å². The van der Waals surface area contributed by atoms with E-state index in [1.807, 2.05) is 0 Å². The van der Waals surface area contributed by atoms with Crippen LogP contribution in [0.4, 0.5) is 4.39 Å². The van der Waals surface area contributed by atoms with E-state index in [2.05, 4.69) is 0 Å². The number of nitrogens with two attached hydrogens (primary N) is 1. The molecule has 0 saturated heterocycles. The van der Waals surface area contributed by atoms with Crippen LogP contribution in [0.1, 0.15) is 36.0 Å². The summed E-state index contributed by atoms with van der Waals surface area (Å²) in [5.41, 5.74) is 0.172. The van der Waals surface area contributed by atoms with Gasteiger partial charge in [-0.2, -0.15) is 0 Å². The highest BCUT2D eigenvalue weighted by molar-refractivity contribution is 7.89. The standard InChI is InChI=1S/C15H19FN2O3S/c16-13-7-12(5-6-14(13)22(17,20)21)15(19)18(8-10-1-2-10)9-11-3-4-11/h5-7,10-11H,1-4,8-9H2,(H2,17,20,21). The summed E-state index contributed by atoms with van der Waals surface area (Å²) in [6.45, 7) is 1.40. The van der Waals surface area contributed by atoms with Gasteiger partial charge in [0.15, 0.2) is 0 Å². The Morgan fingerprint density at radius 1 is 1.18 bits per heavy atom. The molecule has 0 unspecified atom stereocenters. The van der Waals surface area contributed by atoms with Gasteiger partial charge in [-0.1, -0.05) is 0 Å². The van der Waals surface area contributed by atoms with Crippen molar-refractivity contribution < 1.29 is 17.6 Å². The molecule has 2 fully saturated rings. The largest absolute Gasteiger partial charge is 0.338 e. The van der Waals surface area contributed by atoms with Crippen LogP contribution in [0, 0.1) is 17.7 Å². The summed E-state index contributed by atoms with van der Waals surface area (Å²) >= 11 is 0. The third kappa shape index (κ3) is 3.64. The minimum Gasteiger partial charge on any atom is -0.338 e. The Morgan fingerprint density at radius 2 is 1.73 bits per heavy atom. The van der Waals surface area contributed by atoms with Crippen LogP contribution in [0.25, 0.3) is 0 Å². The molecule has 0 heterocycles. The first-order chi connectivity index (χ1) is 10.3. The quantitative estimate of drug-likeness (QED) is 0.864. The lowest BCUT2D eigenvalue weighted by Gasteiger charge is -2.23. The molecule has 5 nitrogen and oxygen atoms in total. The number of nitrogens with zero attached hydrogens (tertiary/aromatic N) is 1. The molecule has 22 heavy (non-hydrogen) atoms. The van der Waals surface area contributed by atoms with Gasteiger partial charge < -0.3 is 4.90 Å². The highest BCUT2D eigenvalue weighted by Gasteiger charge is 2.32. The van der Waals surface area contributed by atoms with Gasteiger partial charge in [0.05, 0.1) is 0 Å². The average Bonchev–Trinajstić information content (AvgIpc) is 3.30. The zero-order valence-corrected chi connectivity index (χ0v) is 13.0. The molecule has 120 valence electrons. The number of sulfonamides is 1. The van der Waals surface area contributed by atoms with E-state index in [0.29, 0.717) is 24.9 Å². The Hall–Kier alpha value is -1.47. The number of halogens is 1. The maximum Gasteiger partial charge on any atom is 0.253 e. The molecule has 2 aliphatic rings. The number of primary sulfonamides is 1. The maximum atomic E-state index is 13.9. The number of hydrogen-bond acceptors (Lipinski definition) is 3. The van der Waals surface area contributed by atoms with Gasteiger partial charge >= 0.3 is 0 Å². The molecule has 0 aromatic heterocycles. The molecule has 0 bridgehead atoms. The first kappa shape index (κ1) is 15.4. The summed E-state index contributed by atoms with van der Waals surface area (Å²) in [7, 11) is -4.11. The van der Waals surface area contributed by atoms with Gasteiger partial charge in [-0.3, -0.25) is 4.79 Å². The van der Waals surface area contributed by atoms with Crippen LogP contribution in [0.2, 0.25) is 0 Å². The van der Waals surface area contributed by atoms with Crippen molar-refractivity contribution in [3.63, 3.8) is 0 Å². The van der Waals surface area contributed by atoms with Crippen LogP contribution in [0.15, 0.2) is 23.1 Å². The SMILES string of the molecule is NS(=O)(=O)c1ccc(C(=O)N(CC2CC2)CC2CC2)cc1F. The molecule has 2 N–H and O–H groups in total. The van der Waals surface area contributed by atoms with Gasteiger partial charge in [0.1, 0.15) is 10.7 Å². The molecule has 0 spiro atoms. The molecular formula is C15H19FN2O3S. The fourth-order valence-corrected chi connectivity index (χ4v) is 3.10. The summed E-state index contributed by atoms with van der Waals surface area (Å²) in [6.07, 6.45) is 4.53. The molecule has 1 aromatic rings. The number of amides is 1. The summed E-state index contributed by atoms with van der Waals surface area (Å²) in [5.74, 6) is -0.114. The number of carbonyl (C=O) groups is 1. The van der Waals surface area contributed by atoms with E-state index in [1.165, 1.54) is 6.07 Å². The summed E-state index contributed by atoms with van der Waals surface area (Å²) in [6, 6.07) is 3.36. The second-order valence-corrected chi connectivity index (χ2v) is 7.82. The molecular weight excluding hydrogens is 307 g/mol. The van der Waals surface area contributed by atoms with Gasteiger partial charge in [-0.05, 0) is 55.7 Å². The van der Waals surface area contributed by atoms with E-state index in [1.54, 1.807) is 4.90 Å². The van der Waals surface area contributed by atoms with Crippen molar-refractivity contribution in [2.45, 2.75) is 30.6 Å². The van der Waals surface area contributed by atoms with Crippen molar-refractivity contribution in [3.05, 3.63) is 29.6 Å². The molecule has 3 rings (SSSR count). The Morgan fingerprint density at radius 3 is 2.14 bits per heavy atom. The van der Waals surface area contributed by atoms with Gasteiger partial charge in [0, 0.05) is 18.7 Å². The summed E-state index contributed by atoms with van der Waals surface area (Å²) in [5, 5.41) is 4.93. The fourth-order valence-electron chi connectivity index (χ4n) is 2.51. The van der Waals surface area contributed by atoms with E-state index < -0.39 is 20.7 Å². The molecule has 0 atom stereocenters. The molecule has 2 aliphatic carbocycles. The Bertz CT molecular complexity index is 683. The predicted molar refractivity (Wildman–Crippen MR) is 79.1 cm³/mol. The summed E-state index contributed by atoms with van der Waals surface area (Å²) in [4.78, 5) is 13.8. The van der Waals surface area contributed by atoms with Crippen LogP contribution >= 0.6 is 0 Å². The van der Waals surface area contributed by atoms with Crippen LogP contribution in [0.5, 0.6) is 0 Å². The molecule has 0 aliphatic heterocycles. The Balaban J connectivity index is 1.81. The zero-order chi connectivity index (χ0) is 15.9. The van der Waals surface area contributed by atoms with Gasteiger partial charge in [-0.15, -0.1) is 0 Å². The summed E-state index contributed by atoms with van der Waals surface area (Å²) < 4.78 is 36.3. The highest BCUT2D eigenvalue weighted by atomic mass is 32.2. The van der Waals surface area contributed by atoms with Crippen molar-refractivity contribution in [2.24, 2.45) is 17.0 Å². The van der Waals surface area contributed by atoms with Gasteiger partial charge in [0.25, 0.3) is 5.91 Å². The van der Waals surface area contributed by atoms with Gasteiger partial charge in [0.2, 0.25) is 10.0 Å². The van der Waals surface area contributed by atoms with E-state index in [0.717, 1.165) is 37.8 Å². The first-order valence-corrected chi connectivity index (χ1v) is 9.01. The molecule has 2 saturated carbocycles. The van der Waals surface area contributed by atoms with Crippen LogP contribution in [-0.2, 0) is 10.0 Å². The topological polar surface area (TPSA) is 80.5 Å². The molecule has 1 aromatic carbocycles. The van der Waals surface area contributed by atoms with Crippen molar-refractivity contribution in [2.75, 3.05) is 13.1 Å². The van der Waals surface area contributed by atoms with Gasteiger partial charge in [-0.25, -0.2) is 17.9 Å². The van der Waals surface area contributed by atoms with E-state index in [4.69, 9.17) is 5.14 Å². The lowest BCUT2D eigenvalue weighted by atomic mass is 10.1. The van der Waals surface area contributed by atoms with E-state index in [-0.39, 0.29) is 11.5 Å². The number of hydrogen-bond donors (Lipinski definition) is 1. The lowest BCUT2D eigenvalue weighted by Crippen LogP contribution is -2.34. The van der Waals surface area contributed by atoms with Crippen LogP contribution < -0.4 is 5.14 Å². The Kier molecular flexibility index (Phi) is 3.94. The molecule has 1 amide bonds. The lowest BCUT2D eigenvalue weighted by molar-refractivity contribution is 0.0739. The smallest absolute Gasteiger partial charge is 0.253 e. The van der Waals surface area contributed by atoms with Crippen LogP contribution in [-0.4, -0.2) is 32.3 Å². The minimum absolute atomic E-state index is 0.172. The van der Waals surface area contributed by atoms with Crippen molar-refractivity contribution in [1.82, 2.24) is 4.90 Å². The third-order valence-corrected chi connectivity index (χ3v) is 5.07. The molecule has 0 radical (unpaired) electrons. The monoisotopic (exact) mass is 326 g/mol. The minimum atomic E-state index is -4.11. The van der Waals surface area contributed by atoms with Crippen LogP contribution in [0.3, 0.4) is 0 Å². The maximum absolute atomic E-state index is 13.9. The second-order valence-electron chi connectivity index (χ2n) is 6.29. The van der Waals surface area contributed by atoms with Crippen molar-refractivity contribution in [1.29, 1.82) is 0 Å². The zero-order valence-electron chi connectivity index (χ0n) is 12.2. The predicted octanol–water partition coefficient (Wildman–Crippen LogP) is 1.74. The average molecular weight is 326 g/mol. The highest BCUT2D eigenvalue weighted by Crippen LogP contribution is 2.34. The second kappa shape index (κ2) is 5.62. The van der Waals surface area contributed by atoms with E-state index >= 15 is 0 Å². The first-order valence-electron chi connectivity index (χ1n) is 7.46. The van der Waals surface area contributed by atoms with Crippen molar-refractivity contribution in [3.8, 4) is 0 Å². The Labute approximate surface area is 129 Å². The number of carbonyl (C=O) groups excluding carboxylic acids is 1.